The van der Waals surface area contributed by atoms with Gasteiger partial charge in [0, 0.05) is 18.9 Å². The van der Waals surface area contributed by atoms with Crippen molar-refractivity contribution in [1.82, 2.24) is 4.98 Å². The second-order valence-corrected chi connectivity index (χ2v) is 5.38. The number of aryl methyl sites for hydroxylation is 1. The molecule has 4 nitrogen and oxygen atoms in total. The number of aromatic nitrogens is 1. The molecule has 4 heteroatoms. The first kappa shape index (κ1) is 12.8. The Morgan fingerprint density at radius 3 is 2.83 bits per heavy atom. The van der Waals surface area contributed by atoms with Gasteiger partial charge in [-0.3, -0.25) is 4.79 Å². The van der Waals surface area contributed by atoms with E-state index in [2.05, 4.69) is 4.98 Å². The Hall–Kier alpha value is -1.68. The fraction of sp³-hybridized carbons (Fsp3) is 0.429. The first-order chi connectivity index (χ1) is 8.41. The van der Waals surface area contributed by atoms with E-state index in [0.29, 0.717) is 30.0 Å². The van der Waals surface area contributed by atoms with Crippen molar-refractivity contribution < 1.29 is 9.21 Å². The second kappa shape index (κ2) is 4.53. The molecule has 2 N–H and O–H groups in total. The molecule has 0 aliphatic heterocycles. The van der Waals surface area contributed by atoms with Crippen LogP contribution in [0.15, 0.2) is 22.6 Å². The fourth-order valence-corrected chi connectivity index (χ4v) is 1.82. The van der Waals surface area contributed by atoms with E-state index in [0.717, 1.165) is 5.52 Å². The number of hydrogen-bond donors (Lipinski definition) is 1. The molecule has 0 saturated heterocycles. The van der Waals surface area contributed by atoms with Crippen LogP contribution in [-0.2, 0) is 0 Å². The van der Waals surface area contributed by atoms with Crippen molar-refractivity contribution in [2.45, 2.75) is 27.2 Å². The van der Waals surface area contributed by atoms with Crippen LogP contribution in [0.3, 0.4) is 0 Å². The number of nitrogens with two attached hydrogens (primary N) is 1. The largest absolute Gasteiger partial charge is 0.441 e. The van der Waals surface area contributed by atoms with Crippen LogP contribution < -0.4 is 5.73 Å². The van der Waals surface area contributed by atoms with E-state index in [4.69, 9.17) is 10.2 Å². The molecule has 0 radical (unpaired) electrons. The minimum Gasteiger partial charge on any atom is -0.441 e. The summed E-state index contributed by atoms with van der Waals surface area (Å²) in [6, 6.07) is 5.36. The SMILES string of the molecule is Cc1nc2ccc(C(=O)CC(C)(C)CN)cc2o1. The minimum atomic E-state index is -0.177. The molecule has 0 aliphatic carbocycles. The molecule has 96 valence electrons. The van der Waals surface area contributed by atoms with Crippen molar-refractivity contribution in [1.29, 1.82) is 0 Å². The predicted octanol–water partition coefficient (Wildman–Crippen LogP) is 2.69. The number of Topliss-reactive ketones (excluding diaryl/α,β-unsaturated/α-hetero) is 1. The van der Waals surface area contributed by atoms with Gasteiger partial charge in [0.1, 0.15) is 5.52 Å². The summed E-state index contributed by atoms with van der Waals surface area (Å²) >= 11 is 0. The average Bonchev–Trinajstić information content (AvgIpc) is 2.67. The third-order valence-corrected chi connectivity index (χ3v) is 3.01. The van der Waals surface area contributed by atoms with E-state index in [1.165, 1.54) is 0 Å². The van der Waals surface area contributed by atoms with Crippen LogP contribution in [0, 0.1) is 12.3 Å². The number of oxazole rings is 1. The lowest BCUT2D eigenvalue weighted by atomic mass is 9.86. The number of ketones is 1. The lowest BCUT2D eigenvalue weighted by molar-refractivity contribution is 0.0935. The first-order valence-corrected chi connectivity index (χ1v) is 6.02. The van der Waals surface area contributed by atoms with Gasteiger partial charge in [0.2, 0.25) is 0 Å². The third-order valence-electron chi connectivity index (χ3n) is 3.01. The van der Waals surface area contributed by atoms with E-state index in [1.807, 2.05) is 19.9 Å². The number of fused-ring (bicyclic) bond motifs is 1. The van der Waals surface area contributed by atoms with E-state index in [-0.39, 0.29) is 11.2 Å². The number of carbonyl (C=O) groups is 1. The molecular weight excluding hydrogens is 228 g/mol. The Bertz CT molecular complexity index is 584. The highest BCUT2D eigenvalue weighted by Gasteiger charge is 2.21. The van der Waals surface area contributed by atoms with Gasteiger partial charge < -0.3 is 10.2 Å². The van der Waals surface area contributed by atoms with Crippen molar-refractivity contribution in [3.63, 3.8) is 0 Å². The van der Waals surface area contributed by atoms with Crippen molar-refractivity contribution in [2.24, 2.45) is 11.1 Å². The molecule has 2 rings (SSSR count). The monoisotopic (exact) mass is 246 g/mol. The second-order valence-electron chi connectivity index (χ2n) is 5.38. The van der Waals surface area contributed by atoms with Gasteiger partial charge in [-0.05, 0) is 30.2 Å². The number of hydrogen-bond acceptors (Lipinski definition) is 4. The number of nitrogens with zero attached hydrogens (tertiary/aromatic N) is 1. The minimum absolute atomic E-state index is 0.0846. The molecule has 18 heavy (non-hydrogen) atoms. The molecule has 0 bridgehead atoms. The Morgan fingerprint density at radius 2 is 2.17 bits per heavy atom. The molecule has 0 unspecified atom stereocenters. The Labute approximate surface area is 106 Å². The normalized spacial score (nSPS) is 12.0. The smallest absolute Gasteiger partial charge is 0.192 e. The summed E-state index contributed by atoms with van der Waals surface area (Å²) in [5.74, 6) is 0.693. The summed E-state index contributed by atoms with van der Waals surface area (Å²) in [5, 5.41) is 0. The maximum Gasteiger partial charge on any atom is 0.192 e. The fourth-order valence-electron chi connectivity index (χ4n) is 1.82. The van der Waals surface area contributed by atoms with Gasteiger partial charge in [0.05, 0.1) is 0 Å². The summed E-state index contributed by atoms with van der Waals surface area (Å²) in [6.45, 7) is 6.26. The lowest BCUT2D eigenvalue weighted by Crippen LogP contribution is -2.26. The summed E-state index contributed by atoms with van der Waals surface area (Å²) < 4.78 is 5.43. The van der Waals surface area contributed by atoms with Gasteiger partial charge in [0.15, 0.2) is 17.3 Å². The Morgan fingerprint density at radius 1 is 1.44 bits per heavy atom. The molecule has 1 aromatic heterocycles. The third kappa shape index (κ3) is 2.59. The first-order valence-electron chi connectivity index (χ1n) is 6.02. The van der Waals surface area contributed by atoms with Gasteiger partial charge >= 0.3 is 0 Å². The Balaban J connectivity index is 2.28. The maximum absolute atomic E-state index is 12.2. The zero-order valence-electron chi connectivity index (χ0n) is 11.0. The highest BCUT2D eigenvalue weighted by atomic mass is 16.3. The van der Waals surface area contributed by atoms with Crippen LogP contribution in [0.5, 0.6) is 0 Å². The zero-order valence-corrected chi connectivity index (χ0v) is 11.0. The zero-order chi connectivity index (χ0) is 13.3. The topological polar surface area (TPSA) is 69.1 Å². The Kier molecular flexibility index (Phi) is 3.22. The molecule has 0 saturated carbocycles. The van der Waals surface area contributed by atoms with E-state index >= 15 is 0 Å². The van der Waals surface area contributed by atoms with Gasteiger partial charge in [-0.1, -0.05) is 13.8 Å². The van der Waals surface area contributed by atoms with Crippen LogP contribution in [0.1, 0.15) is 36.5 Å². The van der Waals surface area contributed by atoms with E-state index in [9.17, 15) is 4.79 Å². The predicted molar refractivity (Wildman–Crippen MR) is 70.5 cm³/mol. The maximum atomic E-state index is 12.2. The molecular formula is C14H18N2O2. The van der Waals surface area contributed by atoms with Crippen molar-refractivity contribution in [3.05, 3.63) is 29.7 Å². The van der Waals surface area contributed by atoms with Crippen LogP contribution in [0.25, 0.3) is 11.1 Å². The highest BCUT2D eigenvalue weighted by molar-refractivity contribution is 5.98. The quantitative estimate of drug-likeness (QED) is 0.842. The van der Waals surface area contributed by atoms with Gasteiger partial charge in [0.25, 0.3) is 0 Å². The number of rotatable bonds is 4. The van der Waals surface area contributed by atoms with Crippen molar-refractivity contribution >= 4 is 16.9 Å². The van der Waals surface area contributed by atoms with Crippen LogP contribution in [0.2, 0.25) is 0 Å². The highest BCUT2D eigenvalue weighted by Crippen LogP contribution is 2.23. The summed E-state index contributed by atoms with van der Waals surface area (Å²) in [7, 11) is 0. The van der Waals surface area contributed by atoms with E-state index < -0.39 is 0 Å². The summed E-state index contributed by atoms with van der Waals surface area (Å²) in [5.41, 5.74) is 7.56. The standard InChI is InChI=1S/C14H18N2O2/c1-9-16-11-5-4-10(6-13(11)18-9)12(17)7-14(2,3)8-15/h4-6H,7-8,15H2,1-3H3. The van der Waals surface area contributed by atoms with Crippen molar-refractivity contribution in [2.75, 3.05) is 6.54 Å². The van der Waals surface area contributed by atoms with Crippen LogP contribution in [0.4, 0.5) is 0 Å². The van der Waals surface area contributed by atoms with Crippen LogP contribution in [-0.4, -0.2) is 17.3 Å². The summed E-state index contributed by atoms with van der Waals surface area (Å²) in [6.07, 6.45) is 0.433. The molecule has 2 aromatic rings. The van der Waals surface area contributed by atoms with Gasteiger partial charge in [-0.2, -0.15) is 0 Å². The molecule has 0 amide bonds. The average molecular weight is 246 g/mol. The van der Waals surface area contributed by atoms with Crippen LogP contribution >= 0.6 is 0 Å². The lowest BCUT2D eigenvalue weighted by Gasteiger charge is -2.20. The molecule has 0 atom stereocenters. The van der Waals surface area contributed by atoms with Gasteiger partial charge in [-0.15, -0.1) is 0 Å². The number of carbonyl (C=O) groups excluding carboxylic acids is 1. The molecule has 0 fully saturated rings. The molecule has 0 spiro atoms. The summed E-state index contributed by atoms with van der Waals surface area (Å²) in [4.78, 5) is 16.4. The molecule has 1 aromatic carbocycles. The molecule has 1 heterocycles. The van der Waals surface area contributed by atoms with Crippen molar-refractivity contribution in [3.8, 4) is 0 Å². The number of benzene rings is 1. The van der Waals surface area contributed by atoms with E-state index in [1.54, 1.807) is 19.1 Å². The van der Waals surface area contributed by atoms with Gasteiger partial charge in [-0.25, -0.2) is 4.98 Å². The molecule has 0 aliphatic rings.